The van der Waals surface area contributed by atoms with Gasteiger partial charge in [0.05, 0.1) is 11.7 Å². The molecule has 2 aromatic rings. The fourth-order valence-electron chi connectivity index (χ4n) is 4.86. The van der Waals surface area contributed by atoms with Crippen LogP contribution >= 0.6 is 0 Å². The van der Waals surface area contributed by atoms with Gasteiger partial charge in [-0.1, -0.05) is 43.2 Å². The van der Waals surface area contributed by atoms with E-state index in [4.69, 9.17) is 15.4 Å². The van der Waals surface area contributed by atoms with Crippen LogP contribution in [-0.4, -0.2) is 28.0 Å². The van der Waals surface area contributed by atoms with E-state index in [0.717, 1.165) is 38.0 Å². The molecular formula is C22H28N6. The van der Waals surface area contributed by atoms with Crippen molar-refractivity contribution in [3.8, 4) is 0 Å². The molecule has 1 saturated carbocycles. The molecule has 1 aromatic carbocycles. The molecule has 3 N–H and O–H groups in total. The number of benzene rings is 1. The first-order valence-corrected chi connectivity index (χ1v) is 10.6. The van der Waals surface area contributed by atoms with E-state index in [0.29, 0.717) is 24.0 Å². The van der Waals surface area contributed by atoms with Gasteiger partial charge in [-0.2, -0.15) is 4.98 Å². The van der Waals surface area contributed by atoms with Crippen LogP contribution in [0.5, 0.6) is 0 Å². The standard InChI is InChI=1S/C22H28N6/c23-21-25-18-12-6-7-13-19(18)28(21)22-26-17-11-5-4-10-16(17)20(27-22)24-14-15-8-2-1-3-9-15/h1-3,8-9,18-19H,4-7,10-14H2,(H2,23,25)(H,24,26,27). The first-order chi connectivity index (χ1) is 13.8. The van der Waals surface area contributed by atoms with Crippen molar-refractivity contribution in [2.24, 2.45) is 0 Å². The fourth-order valence-corrected chi connectivity index (χ4v) is 4.86. The SMILES string of the molecule is N=C1NC2CCCCC2N1c1nc2c(c(NCc3ccccc3)n1)CCCC2. The van der Waals surface area contributed by atoms with Gasteiger partial charge < -0.3 is 10.6 Å². The van der Waals surface area contributed by atoms with Gasteiger partial charge in [0, 0.05) is 18.2 Å². The lowest BCUT2D eigenvalue weighted by Crippen LogP contribution is -2.40. The van der Waals surface area contributed by atoms with Crippen molar-refractivity contribution in [1.29, 1.82) is 5.41 Å². The topological polar surface area (TPSA) is 76.9 Å². The lowest BCUT2D eigenvalue weighted by atomic mass is 9.91. The third kappa shape index (κ3) is 3.21. The number of aromatic nitrogens is 2. The number of nitrogens with one attached hydrogen (secondary N) is 3. The van der Waals surface area contributed by atoms with E-state index in [9.17, 15) is 0 Å². The summed E-state index contributed by atoms with van der Waals surface area (Å²) in [6.45, 7) is 0.755. The van der Waals surface area contributed by atoms with Crippen molar-refractivity contribution in [2.75, 3.05) is 10.2 Å². The van der Waals surface area contributed by atoms with Crippen molar-refractivity contribution in [3.63, 3.8) is 0 Å². The molecular weight excluding hydrogens is 348 g/mol. The maximum atomic E-state index is 8.50. The minimum atomic E-state index is 0.310. The molecule has 2 aliphatic carbocycles. The Balaban J connectivity index is 1.47. The molecule has 146 valence electrons. The molecule has 5 rings (SSSR count). The third-order valence-electron chi connectivity index (χ3n) is 6.31. The van der Waals surface area contributed by atoms with E-state index in [1.807, 2.05) is 11.0 Å². The summed E-state index contributed by atoms with van der Waals surface area (Å²) in [7, 11) is 0. The maximum Gasteiger partial charge on any atom is 0.234 e. The van der Waals surface area contributed by atoms with Crippen molar-refractivity contribution in [3.05, 3.63) is 47.2 Å². The lowest BCUT2D eigenvalue weighted by molar-refractivity contribution is 0.389. The first kappa shape index (κ1) is 17.5. The molecule has 28 heavy (non-hydrogen) atoms. The highest BCUT2D eigenvalue weighted by molar-refractivity contribution is 5.95. The van der Waals surface area contributed by atoms with E-state index >= 15 is 0 Å². The molecule has 0 bridgehead atoms. The van der Waals surface area contributed by atoms with Gasteiger partial charge in [-0.05, 0) is 44.1 Å². The zero-order valence-electron chi connectivity index (χ0n) is 16.2. The highest BCUT2D eigenvalue weighted by atomic mass is 15.4. The Bertz CT molecular complexity index is 865. The fraction of sp³-hybridized carbons (Fsp3) is 0.500. The van der Waals surface area contributed by atoms with Crippen molar-refractivity contribution >= 4 is 17.7 Å². The quantitative estimate of drug-likeness (QED) is 0.760. The predicted octanol–water partition coefficient (Wildman–Crippen LogP) is 3.62. The van der Waals surface area contributed by atoms with Gasteiger partial charge in [-0.25, -0.2) is 4.98 Å². The summed E-state index contributed by atoms with van der Waals surface area (Å²) in [5, 5.41) is 15.4. The maximum absolute atomic E-state index is 8.50. The van der Waals surface area contributed by atoms with E-state index in [1.54, 1.807) is 0 Å². The molecule has 0 amide bonds. The predicted molar refractivity (Wildman–Crippen MR) is 112 cm³/mol. The Morgan fingerprint density at radius 2 is 1.86 bits per heavy atom. The normalized spacial score (nSPS) is 23.7. The molecule has 2 atom stereocenters. The summed E-state index contributed by atoms with van der Waals surface area (Å²) in [6.07, 6.45) is 9.12. The molecule has 2 heterocycles. The Labute approximate surface area is 166 Å². The summed E-state index contributed by atoms with van der Waals surface area (Å²) in [5.41, 5.74) is 3.68. The van der Waals surface area contributed by atoms with Gasteiger partial charge in [-0.3, -0.25) is 10.3 Å². The number of rotatable bonds is 4. The Kier molecular flexibility index (Phi) is 4.63. The third-order valence-corrected chi connectivity index (χ3v) is 6.31. The van der Waals surface area contributed by atoms with Crippen molar-refractivity contribution < 1.29 is 0 Å². The van der Waals surface area contributed by atoms with Crippen molar-refractivity contribution in [1.82, 2.24) is 15.3 Å². The van der Waals surface area contributed by atoms with Crippen LogP contribution in [0.2, 0.25) is 0 Å². The molecule has 2 unspecified atom stereocenters. The van der Waals surface area contributed by atoms with Crippen LogP contribution in [0.25, 0.3) is 0 Å². The summed E-state index contributed by atoms with van der Waals surface area (Å²) >= 11 is 0. The van der Waals surface area contributed by atoms with Gasteiger partial charge in [0.25, 0.3) is 0 Å². The van der Waals surface area contributed by atoms with Gasteiger partial charge in [0.2, 0.25) is 5.95 Å². The highest BCUT2D eigenvalue weighted by Crippen LogP contribution is 2.33. The monoisotopic (exact) mass is 376 g/mol. The molecule has 6 heteroatoms. The van der Waals surface area contributed by atoms with E-state index in [2.05, 4.69) is 34.9 Å². The minimum absolute atomic E-state index is 0.310. The van der Waals surface area contributed by atoms with E-state index in [1.165, 1.54) is 42.5 Å². The number of guanidine groups is 1. The molecule has 6 nitrogen and oxygen atoms in total. The van der Waals surface area contributed by atoms with Gasteiger partial charge >= 0.3 is 0 Å². The largest absolute Gasteiger partial charge is 0.366 e. The van der Waals surface area contributed by atoms with Crippen molar-refractivity contribution in [2.45, 2.75) is 70.0 Å². The Hall–Kier alpha value is -2.63. The number of nitrogens with zero attached hydrogens (tertiary/aromatic N) is 3. The second kappa shape index (κ2) is 7.41. The van der Waals surface area contributed by atoms with Crippen LogP contribution in [-0.2, 0) is 19.4 Å². The number of hydrogen-bond acceptors (Lipinski definition) is 4. The number of hydrogen-bond donors (Lipinski definition) is 3. The minimum Gasteiger partial charge on any atom is -0.366 e. The zero-order chi connectivity index (χ0) is 18.9. The summed E-state index contributed by atoms with van der Waals surface area (Å²) in [5.74, 6) is 2.11. The number of fused-ring (bicyclic) bond motifs is 2. The smallest absolute Gasteiger partial charge is 0.234 e. The molecule has 1 aliphatic heterocycles. The molecule has 1 aromatic heterocycles. The summed E-state index contributed by atoms with van der Waals surface area (Å²) in [4.78, 5) is 11.9. The van der Waals surface area contributed by atoms with Crippen LogP contribution in [0, 0.1) is 5.41 Å². The zero-order valence-corrected chi connectivity index (χ0v) is 16.2. The summed E-state index contributed by atoms with van der Waals surface area (Å²) in [6, 6.07) is 11.1. The molecule has 1 saturated heterocycles. The molecule has 0 spiro atoms. The van der Waals surface area contributed by atoms with E-state index in [-0.39, 0.29) is 0 Å². The Morgan fingerprint density at radius 1 is 1.04 bits per heavy atom. The number of anilines is 2. The average molecular weight is 377 g/mol. The van der Waals surface area contributed by atoms with Crippen LogP contribution in [0.3, 0.4) is 0 Å². The summed E-state index contributed by atoms with van der Waals surface area (Å²) < 4.78 is 0. The lowest BCUT2D eigenvalue weighted by Gasteiger charge is -2.30. The molecule has 2 fully saturated rings. The van der Waals surface area contributed by atoms with Crippen LogP contribution in [0.15, 0.2) is 30.3 Å². The van der Waals surface area contributed by atoms with Crippen LogP contribution < -0.4 is 15.5 Å². The highest BCUT2D eigenvalue weighted by Gasteiger charge is 2.41. The molecule has 0 radical (unpaired) electrons. The second-order valence-electron chi connectivity index (χ2n) is 8.16. The first-order valence-electron chi connectivity index (χ1n) is 10.6. The van der Waals surface area contributed by atoms with Crippen LogP contribution in [0.1, 0.15) is 55.3 Å². The molecule has 3 aliphatic rings. The Morgan fingerprint density at radius 3 is 2.75 bits per heavy atom. The van der Waals surface area contributed by atoms with Gasteiger partial charge in [0.15, 0.2) is 5.96 Å². The van der Waals surface area contributed by atoms with E-state index < -0.39 is 0 Å². The number of aryl methyl sites for hydroxylation is 1. The van der Waals surface area contributed by atoms with Gasteiger partial charge in [-0.15, -0.1) is 0 Å². The van der Waals surface area contributed by atoms with Gasteiger partial charge in [0.1, 0.15) is 5.82 Å². The van der Waals surface area contributed by atoms with Crippen LogP contribution in [0.4, 0.5) is 11.8 Å². The second-order valence-corrected chi connectivity index (χ2v) is 8.16. The average Bonchev–Trinajstić information content (AvgIpc) is 3.08.